The average Bonchev–Trinajstić information content (AvgIpc) is 3.66. The smallest absolute Gasteiger partial charge is 0.418 e. The molecule has 8 rings (SSSR count). The maximum Gasteiger partial charge on any atom is 0.418 e. The molecule has 47 heavy (non-hydrogen) atoms. The van der Waals surface area contributed by atoms with Crippen LogP contribution in [0.2, 0.25) is 5.02 Å². The molecule has 0 amide bonds. The van der Waals surface area contributed by atoms with Gasteiger partial charge in [-0.2, -0.15) is 23.1 Å². The number of aryl methyl sites for hydroxylation is 1. The van der Waals surface area contributed by atoms with E-state index in [1.54, 1.807) is 0 Å². The number of fused-ring (bicyclic) bond motifs is 6. The zero-order valence-electron chi connectivity index (χ0n) is 25.9. The lowest BCUT2D eigenvalue weighted by atomic mass is 9.87. The topological polar surface area (TPSA) is 89.6 Å². The molecule has 0 spiro atoms. The van der Waals surface area contributed by atoms with Crippen LogP contribution in [-0.2, 0) is 6.18 Å². The molecule has 1 saturated carbocycles. The largest absolute Gasteiger partial charge is 0.486 e. The van der Waals surface area contributed by atoms with E-state index < -0.39 is 40.5 Å². The molecule has 5 atom stereocenters. The van der Waals surface area contributed by atoms with Crippen molar-refractivity contribution >= 4 is 34.1 Å². The van der Waals surface area contributed by atoms with E-state index in [9.17, 15) is 17.6 Å². The van der Waals surface area contributed by atoms with Crippen molar-refractivity contribution in [3.63, 3.8) is 0 Å². The monoisotopic (exact) mass is 676 g/mol. The van der Waals surface area contributed by atoms with Gasteiger partial charge in [0.25, 0.3) is 0 Å². The molecule has 3 aromatic rings. The first-order valence-electron chi connectivity index (χ1n) is 16.0. The molecular weight excluding hydrogens is 643 g/mol. The molecule has 6 heterocycles. The first kappa shape index (κ1) is 30.9. The van der Waals surface area contributed by atoms with Gasteiger partial charge in [-0.25, -0.2) is 13.8 Å². The summed E-state index contributed by atoms with van der Waals surface area (Å²) in [4.78, 5) is 17.6. The van der Waals surface area contributed by atoms with Crippen LogP contribution in [0, 0.1) is 24.6 Å². The van der Waals surface area contributed by atoms with Crippen molar-refractivity contribution in [1.82, 2.24) is 19.9 Å². The summed E-state index contributed by atoms with van der Waals surface area (Å²) < 4.78 is 86.8. The molecule has 2 bridgehead atoms. The maximum absolute atomic E-state index is 17.0. The second kappa shape index (κ2) is 10.8. The van der Waals surface area contributed by atoms with Crippen LogP contribution in [0.5, 0.6) is 11.8 Å². The number of nitrogens with two attached hydrogens (primary N) is 1. The van der Waals surface area contributed by atoms with Crippen molar-refractivity contribution in [3.8, 4) is 23.0 Å². The van der Waals surface area contributed by atoms with Gasteiger partial charge in [0.15, 0.2) is 11.6 Å². The number of rotatable bonds is 4. The lowest BCUT2D eigenvalue weighted by Crippen LogP contribution is -2.52. The number of alkyl halides is 3. The fourth-order valence-corrected chi connectivity index (χ4v) is 9.39. The molecule has 5 aliphatic rings. The number of nitrogens with zero attached hydrogens (tertiary/aromatic N) is 5. The van der Waals surface area contributed by atoms with Gasteiger partial charge in [-0.15, -0.1) is 0 Å². The first-order chi connectivity index (χ1) is 22.4. The van der Waals surface area contributed by atoms with Crippen molar-refractivity contribution in [2.45, 2.75) is 76.2 Å². The highest BCUT2D eigenvalue weighted by Crippen LogP contribution is 2.54. The average molecular weight is 677 g/mol. The van der Waals surface area contributed by atoms with Gasteiger partial charge < -0.3 is 20.1 Å². The summed E-state index contributed by atoms with van der Waals surface area (Å²) in [6, 6.07) is 0.831. The SMILES string of the molecule is Cc1cc(N)nc(-c2c(Cl)c3c4c(nc(OC[C@@]56CCCN5C/C(=C\F)C6)nc4c2F)N2C[C@H]4CC[C@H](C4)[C@H]2[C@H](C)O3)c1C(F)(F)F. The Balaban J connectivity index is 1.35. The lowest BCUT2D eigenvalue weighted by molar-refractivity contribution is -0.137. The molecule has 8 nitrogen and oxygen atoms in total. The van der Waals surface area contributed by atoms with E-state index in [-0.39, 0.29) is 57.6 Å². The van der Waals surface area contributed by atoms with Crippen molar-refractivity contribution in [1.29, 1.82) is 0 Å². The molecule has 4 fully saturated rings. The van der Waals surface area contributed by atoms with Crippen LogP contribution < -0.4 is 20.1 Å². The summed E-state index contributed by atoms with van der Waals surface area (Å²) in [5.74, 6) is -0.266. The van der Waals surface area contributed by atoms with E-state index in [1.807, 2.05) is 6.92 Å². The number of hydrogen-bond acceptors (Lipinski definition) is 8. The molecular formula is C33H34ClF5N6O2. The van der Waals surface area contributed by atoms with Crippen molar-refractivity contribution in [2.24, 2.45) is 11.8 Å². The van der Waals surface area contributed by atoms with Crippen LogP contribution in [0.1, 0.15) is 56.6 Å². The van der Waals surface area contributed by atoms with Gasteiger partial charge in [0.2, 0.25) is 0 Å². The van der Waals surface area contributed by atoms with Crippen LogP contribution >= 0.6 is 11.6 Å². The Kier molecular flexibility index (Phi) is 7.08. The molecule has 14 heteroatoms. The quantitative estimate of drug-likeness (QED) is 0.289. The van der Waals surface area contributed by atoms with Gasteiger partial charge in [0, 0.05) is 13.1 Å². The normalized spacial score (nSPS) is 29.3. The Morgan fingerprint density at radius 3 is 2.81 bits per heavy atom. The van der Waals surface area contributed by atoms with Crippen LogP contribution in [0.3, 0.4) is 0 Å². The maximum atomic E-state index is 17.0. The minimum absolute atomic E-state index is 0.00136. The molecule has 1 aliphatic carbocycles. The number of halogens is 6. The summed E-state index contributed by atoms with van der Waals surface area (Å²) in [6.45, 7) is 5.23. The van der Waals surface area contributed by atoms with Gasteiger partial charge in [0.05, 0.1) is 45.1 Å². The van der Waals surface area contributed by atoms with E-state index in [1.165, 1.54) is 6.92 Å². The minimum atomic E-state index is -4.89. The third kappa shape index (κ3) is 4.74. The Morgan fingerprint density at radius 2 is 2.04 bits per heavy atom. The third-order valence-electron chi connectivity index (χ3n) is 11.0. The summed E-state index contributed by atoms with van der Waals surface area (Å²) >= 11 is 6.89. The van der Waals surface area contributed by atoms with Crippen LogP contribution in [-0.4, -0.2) is 63.8 Å². The van der Waals surface area contributed by atoms with E-state index in [4.69, 9.17) is 31.8 Å². The highest BCUT2D eigenvalue weighted by molar-refractivity contribution is 6.36. The van der Waals surface area contributed by atoms with E-state index in [0.717, 1.165) is 44.7 Å². The molecule has 2 N–H and O–H groups in total. The Labute approximate surface area is 273 Å². The van der Waals surface area contributed by atoms with Crippen molar-refractivity contribution < 1.29 is 31.4 Å². The fourth-order valence-electron chi connectivity index (χ4n) is 9.08. The summed E-state index contributed by atoms with van der Waals surface area (Å²) in [7, 11) is 0. The highest BCUT2D eigenvalue weighted by Gasteiger charge is 2.49. The number of piperidine rings is 1. The first-order valence-corrected chi connectivity index (χ1v) is 16.4. The van der Waals surface area contributed by atoms with E-state index in [0.29, 0.717) is 43.1 Å². The summed E-state index contributed by atoms with van der Waals surface area (Å²) in [5, 5.41) is -0.178. The molecule has 4 aliphatic heterocycles. The molecule has 0 radical (unpaired) electrons. The van der Waals surface area contributed by atoms with E-state index >= 15 is 4.39 Å². The predicted molar refractivity (Wildman–Crippen MR) is 167 cm³/mol. The molecule has 250 valence electrons. The number of ether oxygens (including phenoxy) is 2. The number of aromatic nitrogens is 3. The molecule has 2 aromatic heterocycles. The van der Waals surface area contributed by atoms with Gasteiger partial charge in [0.1, 0.15) is 29.9 Å². The summed E-state index contributed by atoms with van der Waals surface area (Å²) in [5.41, 5.74) is 3.14. The van der Waals surface area contributed by atoms with Crippen LogP contribution in [0.15, 0.2) is 18.0 Å². The Hall–Kier alpha value is -3.45. The van der Waals surface area contributed by atoms with Gasteiger partial charge in [-0.1, -0.05) is 11.6 Å². The molecule has 3 saturated heterocycles. The Morgan fingerprint density at radius 1 is 1.23 bits per heavy atom. The van der Waals surface area contributed by atoms with Gasteiger partial charge in [-0.05, 0) is 88.0 Å². The minimum Gasteiger partial charge on any atom is -0.486 e. The second-order valence-electron chi connectivity index (χ2n) is 13.9. The molecule has 0 unspecified atom stereocenters. The standard InChI is InChI=1S/C33H34ClF5N6O2/c1-15-8-20(40)41-26(23(15)33(37,38)39)21-24(34)29-22-27(25(21)36)42-31(46-14-32-6-3-7-44(32)12-18(10-32)11-35)43-30(22)45-13-17-4-5-19(9-17)28(45)16(2)47-29/h8,11,16-17,19,28H,3-7,9-10,12-14H2,1-2H3,(H2,40,41)/b18-11-/t16-,17-,19+,28+,32-/m0/s1. The van der Waals surface area contributed by atoms with Gasteiger partial charge >= 0.3 is 12.2 Å². The number of nitrogen functional groups attached to an aromatic ring is 1. The van der Waals surface area contributed by atoms with Crippen LogP contribution in [0.4, 0.5) is 33.6 Å². The van der Waals surface area contributed by atoms with Crippen molar-refractivity contribution in [3.05, 3.63) is 39.9 Å². The number of benzene rings is 1. The van der Waals surface area contributed by atoms with Gasteiger partial charge in [-0.3, -0.25) is 4.90 Å². The highest BCUT2D eigenvalue weighted by atomic mass is 35.5. The second-order valence-corrected chi connectivity index (χ2v) is 14.2. The zero-order valence-corrected chi connectivity index (χ0v) is 26.7. The Bertz CT molecular complexity index is 1840. The number of anilines is 2. The lowest BCUT2D eigenvalue weighted by Gasteiger charge is -2.42. The zero-order chi connectivity index (χ0) is 33.0. The number of hydrogen-bond donors (Lipinski definition) is 1. The third-order valence-corrected chi connectivity index (χ3v) is 11.3. The molecule has 1 aromatic carbocycles. The fraction of sp³-hybridized carbons (Fsp3) is 0.545. The number of pyridine rings is 1. The summed E-state index contributed by atoms with van der Waals surface area (Å²) in [6.07, 6.45) is 0.559. The van der Waals surface area contributed by atoms with E-state index in [2.05, 4.69) is 19.8 Å². The predicted octanol–water partition coefficient (Wildman–Crippen LogP) is 7.25. The van der Waals surface area contributed by atoms with Crippen LogP contribution in [0.25, 0.3) is 22.2 Å². The van der Waals surface area contributed by atoms with Crippen molar-refractivity contribution in [2.75, 3.05) is 36.9 Å².